The van der Waals surface area contributed by atoms with Crippen LogP contribution in [0, 0.1) is 19.0 Å². The quantitative estimate of drug-likeness (QED) is 0.132. The van der Waals surface area contributed by atoms with Gasteiger partial charge in [0.25, 0.3) is 0 Å². The normalized spacial score (nSPS) is 13.3. The van der Waals surface area contributed by atoms with Crippen LogP contribution < -0.4 is 10.4 Å². The van der Waals surface area contributed by atoms with E-state index in [-0.39, 0.29) is 26.6 Å². The van der Waals surface area contributed by atoms with Crippen molar-refractivity contribution in [3.8, 4) is 11.5 Å². The molecule has 4 nitrogen and oxygen atoms in total. The topological polar surface area (TPSA) is 27.7 Å². The molecule has 6 heteroatoms. The zero-order valence-electron chi connectivity index (χ0n) is 27.0. The molecule has 3 aromatic heterocycles. The van der Waals surface area contributed by atoms with Gasteiger partial charge in [0.1, 0.15) is 5.82 Å². The van der Waals surface area contributed by atoms with Crippen LogP contribution in [0.1, 0.15) is 29.6 Å². The van der Waals surface area contributed by atoms with Crippen molar-refractivity contribution in [3.05, 3.63) is 121 Å². The van der Waals surface area contributed by atoms with Crippen LogP contribution in [0.15, 0.2) is 104 Å². The van der Waals surface area contributed by atoms with Crippen LogP contribution >= 0.6 is 0 Å². The van der Waals surface area contributed by atoms with Gasteiger partial charge in [0.2, 0.25) is 0 Å². The predicted molar refractivity (Wildman–Crippen MR) is 174 cm³/mol. The summed E-state index contributed by atoms with van der Waals surface area (Å²) in [5.41, 5.74) is 5.49. The van der Waals surface area contributed by atoms with Crippen molar-refractivity contribution in [3.63, 3.8) is 0 Å². The van der Waals surface area contributed by atoms with Gasteiger partial charge in [-0.1, -0.05) is 36.8 Å². The van der Waals surface area contributed by atoms with Crippen LogP contribution in [0.3, 0.4) is 0 Å². The Kier molecular flexibility index (Phi) is 6.37. The van der Waals surface area contributed by atoms with Crippen LogP contribution in [0.25, 0.3) is 44.3 Å². The third-order valence-electron chi connectivity index (χ3n) is 8.16. The molecule has 212 valence electrons. The zero-order valence-corrected chi connectivity index (χ0v) is 27.3. The molecule has 4 aromatic carbocycles. The maximum Gasteiger partial charge on any atom is 0.188 e. The molecule has 0 fully saturated rings. The second-order valence-electron chi connectivity index (χ2n) is 11.4. The van der Waals surface area contributed by atoms with Gasteiger partial charge < -0.3 is 4.57 Å². The first kappa shape index (κ1) is 24.8. The van der Waals surface area contributed by atoms with Crippen molar-refractivity contribution in [2.45, 2.75) is 39.8 Å². The predicted octanol–water partition coefficient (Wildman–Crippen LogP) is 7.52. The van der Waals surface area contributed by atoms with E-state index < -0.39 is 14.9 Å². The van der Waals surface area contributed by atoms with Crippen LogP contribution in [-0.4, -0.2) is 26.8 Å². The molecule has 3 heterocycles. The van der Waals surface area contributed by atoms with E-state index in [9.17, 15) is 0 Å². The summed E-state index contributed by atoms with van der Waals surface area (Å²) in [4.78, 5) is 4.62. The maximum absolute atomic E-state index is 7.97. The number of hydrogen-bond acceptors (Lipinski definition) is 1. The van der Waals surface area contributed by atoms with E-state index in [4.69, 9.17) is 4.11 Å². The monoisotopic (exact) mass is 747 g/mol. The van der Waals surface area contributed by atoms with Crippen molar-refractivity contribution in [2.75, 3.05) is 0 Å². The molecule has 42 heavy (non-hydrogen) atoms. The van der Waals surface area contributed by atoms with Crippen LogP contribution in [0.4, 0.5) is 0 Å². The Morgan fingerprint density at radius 2 is 1.55 bits per heavy atom. The first-order chi connectivity index (χ1) is 21.0. The Hall–Kier alpha value is -3.79. The molecule has 0 spiro atoms. The molecule has 0 atom stereocenters. The van der Waals surface area contributed by atoms with Gasteiger partial charge in [-0.2, -0.15) is 40.7 Å². The second-order valence-corrected chi connectivity index (χ2v) is 15.8. The molecule has 0 saturated carbocycles. The fraction of sp³-hybridized carbons (Fsp3) is 0.167. The largest absolute Gasteiger partial charge is 0.319 e. The number of fused-ring (bicyclic) bond motifs is 4. The average molecular weight is 748 g/mol. The molecule has 7 rings (SSSR count). The van der Waals surface area contributed by atoms with Gasteiger partial charge in [0, 0.05) is 54.7 Å². The Balaban J connectivity index is 0.00000357. The van der Waals surface area contributed by atoms with Crippen molar-refractivity contribution >= 4 is 51.3 Å². The number of pyridine rings is 1. The van der Waals surface area contributed by atoms with Crippen molar-refractivity contribution < 1.29 is 25.2 Å². The molecular weight excluding hydrogens is 712 g/mol. The molecule has 0 aliphatic carbocycles. The van der Waals surface area contributed by atoms with Crippen molar-refractivity contribution in [1.29, 1.82) is 0 Å². The van der Waals surface area contributed by atoms with Gasteiger partial charge in [0.05, 0.1) is 14.1 Å². The number of para-hydroxylation sites is 3. The summed E-state index contributed by atoms with van der Waals surface area (Å²) in [5.74, 6) is 0.573. The third-order valence-corrected chi connectivity index (χ3v) is 11.4. The summed E-state index contributed by atoms with van der Waals surface area (Å²) in [6.07, 6.45) is 3.76. The zero-order chi connectivity index (χ0) is 30.8. The molecule has 0 aliphatic heterocycles. The Bertz CT molecular complexity index is 2200. The van der Waals surface area contributed by atoms with Gasteiger partial charge >= 0.3 is 0 Å². The minimum atomic E-state index is -2.29. The number of hydrogen-bond donors (Lipinski definition) is 0. The summed E-state index contributed by atoms with van der Waals surface area (Å²) in [7, 11) is -2.29. The van der Waals surface area contributed by atoms with E-state index in [1.54, 1.807) is 18.3 Å². The van der Waals surface area contributed by atoms with Crippen LogP contribution in [0.5, 0.6) is 0 Å². The number of aromatic nitrogens is 4. The Morgan fingerprint density at radius 1 is 0.810 bits per heavy atom. The van der Waals surface area contributed by atoms with E-state index in [2.05, 4.69) is 126 Å². The Morgan fingerprint density at radius 3 is 2.33 bits per heavy atom. The van der Waals surface area contributed by atoms with Gasteiger partial charge in [-0.3, -0.25) is 0 Å². The van der Waals surface area contributed by atoms with E-state index >= 15 is 0 Å². The first-order valence-electron chi connectivity index (χ1n) is 15.5. The molecule has 0 amide bonds. The molecule has 0 N–H and O–H groups in total. The van der Waals surface area contributed by atoms with E-state index in [1.165, 1.54) is 10.7 Å². The SMILES string of the molecule is [2H]C([2H])([2H])c1ccnc(-n2c3[c-]c([Si](C)(C)c4[c-]c(-n5[cH+]n(C(C)C)c6ccccc65)ccc4)ccc3c3ccccc32)c1.[Pt]. The molecule has 7 aromatic rings. The van der Waals surface area contributed by atoms with Gasteiger partial charge in [-0.05, 0) is 62.0 Å². The summed E-state index contributed by atoms with van der Waals surface area (Å²) in [6.45, 7) is 6.85. The van der Waals surface area contributed by atoms with E-state index in [0.717, 1.165) is 38.2 Å². The molecule has 0 unspecified atom stereocenters. The summed E-state index contributed by atoms with van der Waals surface area (Å²) in [6, 6.07) is 38.7. The summed E-state index contributed by atoms with van der Waals surface area (Å²) < 4.78 is 30.5. The third kappa shape index (κ3) is 4.56. The number of aryl methyl sites for hydroxylation is 1. The standard InChI is InChI=1S/C36H33N4Si.Pt/c1-25(2)38-24-39(34-16-9-8-15-33(34)38)27-11-10-12-28(22-27)41(4,5)29-17-18-31-30-13-6-7-14-32(30)40(35(31)23-29)36-21-26(3)19-20-37-36;/h6-21,24-25H,1-5H3;/q-1;/i3D3;. The molecule has 0 saturated heterocycles. The number of rotatable bonds is 5. The van der Waals surface area contributed by atoms with Crippen LogP contribution in [0.2, 0.25) is 13.1 Å². The fourth-order valence-electron chi connectivity index (χ4n) is 5.88. The summed E-state index contributed by atoms with van der Waals surface area (Å²) >= 11 is 0. The van der Waals surface area contributed by atoms with Gasteiger partial charge in [-0.25, -0.2) is 14.1 Å². The number of imidazole rings is 1. The smallest absolute Gasteiger partial charge is 0.188 e. The van der Waals surface area contributed by atoms with Gasteiger partial charge in [-0.15, -0.1) is 17.5 Å². The van der Waals surface area contributed by atoms with E-state index in [0.29, 0.717) is 11.9 Å². The fourth-order valence-corrected chi connectivity index (χ4v) is 8.06. The minimum absolute atomic E-state index is 0. The Labute approximate surface area is 266 Å². The van der Waals surface area contributed by atoms with E-state index in [1.807, 2.05) is 16.7 Å². The second kappa shape index (κ2) is 10.8. The molecule has 0 radical (unpaired) electrons. The molecule has 0 aliphatic rings. The van der Waals surface area contributed by atoms with Crippen molar-refractivity contribution in [1.82, 2.24) is 18.7 Å². The van der Waals surface area contributed by atoms with Crippen molar-refractivity contribution in [2.24, 2.45) is 0 Å². The molecular formula is C36H33N4PtSi-. The molecule has 0 bridgehead atoms. The average Bonchev–Trinajstić information content (AvgIpc) is 3.57. The first-order valence-corrected chi connectivity index (χ1v) is 17.0. The number of benzene rings is 4. The van der Waals surface area contributed by atoms with Crippen LogP contribution in [-0.2, 0) is 21.1 Å². The maximum atomic E-state index is 7.97. The minimum Gasteiger partial charge on any atom is -0.319 e. The number of nitrogens with zero attached hydrogens (tertiary/aromatic N) is 4. The summed E-state index contributed by atoms with van der Waals surface area (Å²) in [5, 5.41) is 4.47. The van der Waals surface area contributed by atoms with Gasteiger partial charge in [0.15, 0.2) is 17.4 Å².